The van der Waals surface area contributed by atoms with Gasteiger partial charge in [-0.15, -0.1) is 10.2 Å². The fourth-order valence-electron chi connectivity index (χ4n) is 3.54. The van der Waals surface area contributed by atoms with Crippen LogP contribution in [0.3, 0.4) is 0 Å². The lowest BCUT2D eigenvalue weighted by molar-refractivity contribution is -0.118. The summed E-state index contributed by atoms with van der Waals surface area (Å²) in [4.78, 5) is 16.4. The molecule has 3 aromatic rings. The van der Waals surface area contributed by atoms with Gasteiger partial charge in [0, 0.05) is 30.2 Å². The second-order valence-electron chi connectivity index (χ2n) is 7.21. The van der Waals surface area contributed by atoms with Crippen molar-refractivity contribution in [1.29, 1.82) is 0 Å². The van der Waals surface area contributed by atoms with Crippen molar-refractivity contribution in [1.82, 2.24) is 25.1 Å². The number of carbonyl (C=O) groups is 1. The molecule has 0 saturated carbocycles. The third-order valence-electron chi connectivity index (χ3n) is 5.07. The highest BCUT2D eigenvalue weighted by atomic mass is 32.2. The molecule has 1 aliphatic carbocycles. The zero-order valence-corrected chi connectivity index (χ0v) is 17.6. The highest BCUT2D eigenvalue weighted by Gasteiger charge is 2.17. The SMILES string of the molecule is O=C(CSc1nnc(-c2ccncc2)n1-c1ccccc1)NCCC1=CCCCC1. The van der Waals surface area contributed by atoms with E-state index >= 15 is 0 Å². The van der Waals surface area contributed by atoms with E-state index in [0.717, 1.165) is 23.5 Å². The summed E-state index contributed by atoms with van der Waals surface area (Å²) in [5, 5.41) is 12.5. The molecule has 2 heterocycles. The molecule has 6 nitrogen and oxygen atoms in total. The van der Waals surface area contributed by atoms with E-state index in [1.807, 2.05) is 47.0 Å². The zero-order chi connectivity index (χ0) is 20.6. The molecule has 0 atom stereocenters. The van der Waals surface area contributed by atoms with Crippen LogP contribution in [0.2, 0.25) is 0 Å². The fourth-order valence-corrected chi connectivity index (χ4v) is 4.32. The van der Waals surface area contributed by atoms with Gasteiger partial charge in [0.05, 0.1) is 5.75 Å². The summed E-state index contributed by atoms with van der Waals surface area (Å²) < 4.78 is 1.99. The van der Waals surface area contributed by atoms with E-state index in [-0.39, 0.29) is 5.91 Å². The molecule has 0 bridgehead atoms. The third-order valence-corrected chi connectivity index (χ3v) is 6.00. The fraction of sp³-hybridized carbons (Fsp3) is 0.304. The number of hydrogen-bond donors (Lipinski definition) is 1. The van der Waals surface area contributed by atoms with Crippen molar-refractivity contribution in [2.45, 2.75) is 37.3 Å². The van der Waals surface area contributed by atoms with Gasteiger partial charge in [-0.25, -0.2) is 0 Å². The van der Waals surface area contributed by atoms with Gasteiger partial charge in [-0.05, 0) is 56.4 Å². The molecule has 154 valence electrons. The van der Waals surface area contributed by atoms with Crippen LogP contribution in [0, 0.1) is 0 Å². The summed E-state index contributed by atoms with van der Waals surface area (Å²) in [7, 11) is 0. The Bertz CT molecular complexity index is 1000. The third kappa shape index (κ3) is 5.16. The predicted octanol–water partition coefficient (Wildman–Crippen LogP) is 4.43. The number of pyridine rings is 1. The largest absolute Gasteiger partial charge is 0.355 e. The molecule has 0 aliphatic heterocycles. The standard InChI is InChI=1S/C23H25N5OS/c29-21(25-16-11-18-7-3-1-4-8-18)17-30-23-27-26-22(19-12-14-24-15-13-19)28(23)20-9-5-2-6-10-20/h2,5-7,9-10,12-15H,1,3-4,8,11,16-17H2,(H,25,29). The van der Waals surface area contributed by atoms with E-state index in [1.165, 1.54) is 43.0 Å². The van der Waals surface area contributed by atoms with E-state index in [2.05, 4.69) is 26.6 Å². The Hall–Kier alpha value is -2.93. The second kappa shape index (κ2) is 10.2. The Labute approximate surface area is 180 Å². The van der Waals surface area contributed by atoms with Crippen LogP contribution in [0.15, 0.2) is 71.7 Å². The van der Waals surface area contributed by atoms with Crippen LogP contribution < -0.4 is 5.32 Å². The minimum atomic E-state index is 0.0180. The number of nitrogens with one attached hydrogen (secondary N) is 1. The van der Waals surface area contributed by atoms with E-state index in [0.29, 0.717) is 17.5 Å². The van der Waals surface area contributed by atoms with Crippen molar-refractivity contribution in [2.24, 2.45) is 0 Å². The Kier molecular flexibility index (Phi) is 6.92. The van der Waals surface area contributed by atoms with Gasteiger partial charge < -0.3 is 5.32 Å². The maximum Gasteiger partial charge on any atom is 0.230 e. The topological polar surface area (TPSA) is 72.7 Å². The van der Waals surface area contributed by atoms with Gasteiger partial charge in [0.2, 0.25) is 5.91 Å². The van der Waals surface area contributed by atoms with Crippen molar-refractivity contribution in [2.75, 3.05) is 12.3 Å². The molecule has 1 aromatic carbocycles. The molecular weight excluding hydrogens is 394 g/mol. The van der Waals surface area contributed by atoms with Crippen molar-refractivity contribution < 1.29 is 4.79 Å². The maximum atomic E-state index is 12.4. The Balaban J connectivity index is 1.43. The van der Waals surface area contributed by atoms with Crippen LogP contribution >= 0.6 is 11.8 Å². The van der Waals surface area contributed by atoms with E-state index in [4.69, 9.17) is 0 Å². The van der Waals surface area contributed by atoms with Gasteiger partial charge >= 0.3 is 0 Å². The van der Waals surface area contributed by atoms with Gasteiger partial charge in [-0.1, -0.05) is 41.6 Å². The van der Waals surface area contributed by atoms with Crippen molar-refractivity contribution in [3.8, 4) is 17.1 Å². The van der Waals surface area contributed by atoms with Gasteiger partial charge in [-0.3, -0.25) is 14.3 Å². The number of nitrogens with zero attached hydrogens (tertiary/aromatic N) is 4. The lowest BCUT2D eigenvalue weighted by Crippen LogP contribution is -2.26. The summed E-state index contributed by atoms with van der Waals surface area (Å²) >= 11 is 1.40. The first kappa shape index (κ1) is 20.3. The first-order chi connectivity index (χ1) is 14.8. The minimum Gasteiger partial charge on any atom is -0.355 e. The Morgan fingerprint density at radius 3 is 2.67 bits per heavy atom. The Morgan fingerprint density at radius 1 is 1.07 bits per heavy atom. The molecule has 1 amide bonds. The number of thioether (sulfide) groups is 1. The molecule has 30 heavy (non-hydrogen) atoms. The normalized spacial score (nSPS) is 13.7. The summed E-state index contributed by atoms with van der Waals surface area (Å²) in [5.41, 5.74) is 3.36. The van der Waals surface area contributed by atoms with Gasteiger partial charge in [0.15, 0.2) is 11.0 Å². The molecule has 0 unspecified atom stereocenters. The predicted molar refractivity (Wildman–Crippen MR) is 119 cm³/mol. The van der Waals surface area contributed by atoms with Crippen LogP contribution in [-0.2, 0) is 4.79 Å². The lowest BCUT2D eigenvalue weighted by Gasteiger charge is -2.13. The molecule has 1 N–H and O–H groups in total. The quantitative estimate of drug-likeness (QED) is 0.432. The smallest absolute Gasteiger partial charge is 0.230 e. The average Bonchev–Trinajstić information content (AvgIpc) is 3.23. The van der Waals surface area contributed by atoms with Crippen LogP contribution in [0.5, 0.6) is 0 Å². The minimum absolute atomic E-state index is 0.0180. The Morgan fingerprint density at radius 2 is 1.90 bits per heavy atom. The summed E-state index contributed by atoms with van der Waals surface area (Å²) in [6.45, 7) is 0.693. The lowest BCUT2D eigenvalue weighted by atomic mass is 9.97. The molecule has 0 spiro atoms. The second-order valence-corrected chi connectivity index (χ2v) is 8.15. The summed E-state index contributed by atoms with van der Waals surface area (Å²) in [5.74, 6) is 1.06. The number of hydrogen-bond acceptors (Lipinski definition) is 5. The summed E-state index contributed by atoms with van der Waals surface area (Å²) in [6, 6.07) is 13.8. The molecule has 4 rings (SSSR count). The number of benzene rings is 1. The van der Waals surface area contributed by atoms with Crippen LogP contribution in [0.4, 0.5) is 0 Å². The van der Waals surface area contributed by atoms with Crippen molar-refractivity contribution in [3.63, 3.8) is 0 Å². The number of allylic oxidation sites excluding steroid dienone is 1. The molecular formula is C23H25N5OS. The number of para-hydroxylation sites is 1. The first-order valence-electron chi connectivity index (χ1n) is 10.3. The zero-order valence-electron chi connectivity index (χ0n) is 16.8. The van der Waals surface area contributed by atoms with E-state index < -0.39 is 0 Å². The maximum absolute atomic E-state index is 12.4. The molecule has 7 heteroatoms. The molecule has 1 aliphatic rings. The molecule has 2 aromatic heterocycles. The molecule has 0 fully saturated rings. The van der Waals surface area contributed by atoms with Crippen molar-refractivity contribution in [3.05, 3.63) is 66.5 Å². The first-order valence-corrected chi connectivity index (χ1v) is 11.3. The molecule has 0 radical (unpaired) electrons. The van der Waals surface area contributed by atoms with Crippen LogP contribution in [0.25, 0.3) is 17.1 Å². The van der Waals surface area contributed by atoms with Gasteiger partial charge in [-0.2, -0.15) is 0 Å². The van der Waals surface area contributed by atoms with E-state index in [1.54, 1.807) is 12.4 Å². The highest BCUT2D eigenvalue weighted by molar-refractivity contribution is 7.99. The van der Waals surface area contributed by atoms with E-state index in [9.17, 15) is 4.79 Å². The highest BCUT2D eigenvalue weighted by Crippen LogP contribution is 2.27. The van der Waals surface area contributed by atoms with Crippen molar-refractivity contribution >= 4 is 17.7 Å². The average molecular weight is 420 g/mol. The number of amides is 1. The number of rotatable bonds is 8. The van der Waals surface area contributed by atoms with Crippen LogP contribution in [-0.4, -0.2) is 38.0 Å². The number of carbonyl (C=O) groups excluding carboxylic acids is 1. The summed E-state index contributed by atoms with van der Waals surface area (Å²) in [6.07, 6.45) is 11.6. The van der Waals surface area contributed by atoms with Gasteiger partial charge in [0.1, 0.15) is 0 Å². The molecule has 0 saturated heterocycles. The van der Waals surface area contributed by atoms with Gasteiger partial charge in [0.25, 0.3) is 0 Å². The number of aromatic nitrogens is 4. The van der Waals surface area contributed by atoms with Crippen LogP contribution in [0.1, 0.15) is 32.1 Å². The monoisotopic (exact) mass is 419 g/mol.